The number of benzene rings is 2. The molecule has 0 saturated carbocycles. The van der Waals surface area contributed by atoms with Crippen molar-refractivity contribution in [3.05, 3.63) is 53.1 Å². The van der Waals surface area contributed by atoms with Crippen LogP contribution in [0.25, 0.3) is 0 Å². The normalized spacial score (nSPS) is 15.9. The van der Waals surface area contributed by atoms with E-state index in [1.165, 1.54) is 5.56 Å². The van der Waals surface area contributed by atoms with E-state index in [0.717, 1.165) is 21.7 Å². The number of fused-ring (bicyclic) bond motifs is 1. The molecule has 2 aromatic carbocycles. The number of amides is 2. The van der Waals surface area contributed by atoms with Crippen molar-refractivity contribution < 1.29 is 24.0 Å². The first-order valence-electron chi connectivity index (χ1n) is 10.2. The molecule has 3 rings (SSSR count). The van der Waals surface area contributed by atoms with Crippen molar-refractivity contribution in [3.63, 3.8) is 0 Å². The lowest BCUT2D eigenvalue weighted by Gasteiger charge is -2.26. The topological polar surface area (TPSA) is 81.1 Å². The number of aryl methyl sites for hydroxylation is 3. The Morgan fingerprint density at radius 1 is 1.03 bits per heavy atom. The molecule has 2 aromatic rings. The fourth-order valence-corrected chi connectivity index (χ4v) is 3.63. The molecule has 1 aliphatic rings. The van der Waals surface area contributed by atoms with Crippen LogP contribution in [0.1, 0.15) is 16.7 Å². The van der Waals surface area contributed by atoms with Gasteiger partial charge in [0.2, 0.25) is 0 Å². The highest BCUT2D eigenvalue weighted by Crippen LogP contribution is 2.30. The molecule has 0 saturated heterocycles. The lowest BCUT2D eigenvalue weighted by atomic mass is 10.1. The number of carbonyl (C=O) groups excluding carboxylic acids is 2. The maximum absolute atomic E-state index is 12.4. The Morgan fingerprint density at radius 3 is 2.37 bits per heavy atom. The van der Waals surface area contributed by atoms with Crippen molar-refractivity contribution in [2.24, 2.45) is 0 Å². The van der Waals surface area contributed by atoms with E-state index in [4.69, 9.17) is 9.47 Å². The van der Waals surface area contributed by atoms with Gasteiger partial charge in [0.25, 0.3) is 11.8 Å². The first-order chi connectivity index (χ1) is 14.3. The third kappa shape index (κ3) is 5.73. The molecule has 0 aliphatic carbocycles. The van der Waals surface area contributed by atoms with Crippen LogP contribution in [0.2, 0.25) is 0 Å². The summed E-state index contributed by atoms with van der Waals surface area (Å²) in [6.07, 6.45) is -0.236. The van der Waals surface area contributed by atoms with Gasteiger partial charge in [-0.05, 0) is 44.0 Å². The van der Waals surface area contributed by atoms with Crippen molar-refractivity contribution in [1.82, 2.24) is 5.32 Å². The molecule has 0 aromatic heterocycles. The summed E-state index contributed by atoms with van der Waals surface area (Å²) >= 11 is 0. The summed E-state index contributed by atoms with van der Waals surface area (Å²) in [5, 5.41) is 5.84. The van der Waals surface area contributed by atoms with Gasteiger partial charge in [-0.15, -0.1) is 0 Å². The van der Waals surface area contributed by atoms with Crippen LogP contribution in [-0.4, -0.2) is 51.2 Å². The van der Waals surface area contributed by atoms with E-state index >= 15 is 0 Å². The van der Waals surface area contributed by atoms with Crippen molar-refractivity contribution >= 4 is 17.5 Å². The molecule has 3 N–H and O–H groups in total. The predicted molar refractivity (Wildman–Crippen MR) is 115 cm³/mol. The molecule has 160 valence electrons. The zero-order valence-electron chi connectivity index (χ0n) is 18.0. The van der Waals surface area contributed by atoms with Crippen molar-refractivity contribution in [1.29, 1.82) is 0 Å². The number of anilines is 1. The summed E-state index contributed by atoms with van der Waals surface area (Å²) in [6, 6.07) is 11.6. The number of likely N-dealkylation sites (N-methyl/N-ethyl adjacent to an activating group) is 1. The minimum Gasteiger partial charge on any atom is -0.486 e. The fourth-order valence-electron chi connectivity index (χ4n) is 3.63. The first-order valence-corrected chi connectivity index (χ1v) is 10.2. The summed E-state index contributed by atoms with van der Waals surface area (Å²) in [4.78, 5) is 25.5. The Kier molecular flexibility index (Phi) is 6.95. The number of rotatable bonds is 7. The van der Waals surface area contributed by atoms with Gasteiger partial charge in [-0.25, -0.2) is 0 Å². The molecular weight excluding hydrogens is 382 g/mol. The Bertz CT molecular complexity index is 905. The van der Waals surface area contributed by atoms with Crippen molar-refractivity contribution in [3.8, 4) is 11.5 Å². The summed E-state index contributed by atoms with van der Waals surface area (Å²) in [5.41, 5.74) is 4.08. The number of para-hydroxylation sites is 2. The average molecular weight is 413 g/mol. The van der Waals surface area contributed by atoms with Gasteiger partial charge < -0.3 is 25.0 Å². The average Bonchev–Trinajstić information content (AvgIpc) is 2.68. The van der Waals surface area contributed by atoms with Crippen LogP contribution in [0, 0.1) is 20.8 Å². The second kappa shape index (κ2) is 9.63. The van der Waals surface area contributed by atoms with Crippen LogP contribution < -0.4 is 25.0 Å². The van der Waals surface area contributed by atoms with Gasteiger partial charge in [0.05, 0.1) is 13.6 Å². The number of nitrogens with one attached hydrogen (secondary N) is 3. The number of quaternary nitrogens is 1. The quantitative estimate of drug-likeness (QED) is 0.634. The Labute approximate surface area is 177 Å². The number of ether oxygens (including phenoxy) is 2. The maximum atomic E-state index is 12.4. The van der Waals surface area contributed by atoms with Crippen LogP contribution in [-0.2, 0) is 9.59 Å². The predicted octanol–water partition coefficient (Wildman–Crippen LogP) is 1.02. The lowest BCUT2D eigenvalue weighted by molar-refractivity contribution is -0.862. The molecule has 1 aliphatic heterocycles. The molecule has 0 fully saturated rings. The van der Waals surface area contributed by atoms with E-state index in [1.54, 1.807) is 0 Å². The summed E-state index contributed by atoms with van der Waals surface area (Å²) < 4.78 is 11.5. The van der Waals surface area contributed by atoms with E-state index in [-0.39, 0.29) is 31.0 Å². The van der Waals surface area contributed by atoms with Gasteiger partial charge in [0.1, 0.15) is 12.7 Å². The standard InChI is InChI=1S/C23H29N3O4/c1-15-9-16(2)23(17(3)10-15)25-22(28)13-26(4)12-21(27)24-11-18-14-29-19-7-5-6-8-20(19)30-18/h5-10,18H,11-14H2,1-4H3,(H,24,27)(H,25,28)/p+1/t18-/m0/s1. The van der Waals surface area contributed by atoms with Gasteiger partial charge in [-0.2, -0.15) is 0 Å². The zero-order chi connectivity index (χ0) is 21.7. The van der Waals surface area contributed by atoms with Gasteiger partial charge >= 0.3 is 0 Å². The molecule has 2 amide bonds. The summed E-state index contributed by atoms with van der Waals surface area (Å²) in [6.45, 7) is 7.14. The van der Waals surface area contributed by atoms with Crippen LogP contribution in [0.15, 0.2) is 36.4 Å². The molecule has 2 atom stereocenters. The minimum absolute atomic E-state index is 0.115. The molecular formula is C23H30N3O4+. The molecule has 0 radical (unpaired) electrons. The molecule has 30 heavy (non-hydrogen) atoms. The Hall–Kier alpha value is -3.06. The lowest BCUT2D eigenvalue weighted by Crippen LogP contribution is -3.11. The van der Waals surface area contributed by atoms with E-state index in [1.807, 2.05) is 64.2 Å². The second-order valence-electron chi connectivity index (χ2n) is 7.93. The van der Waals surface area contributed by atoms with Crippen LogP contribution in [0.4, 0.5) is 5.69 Å². The smallest absolute Gasteiger partial charge is 0.279 e. The third-order valence-corrected chi connectivity index (χ3v) is 4.96. The molecule has 1 unspecified atom stereocenters. The maximum Gasteiger partial charge on any atom is 0.279 e. The van der Waals surface area contributed by atoms with Gasteiger partial charge in [0.15, 0.2) is 24.6 Å². The summed E-state index contributed by atoms with van der Waals surface area (Å²) in [5.74, 6) is 1.15. The van der Waals surface area contributed by atoms with Gasteiger partial charge in [0, 0.05) is 5.69 Å². The summed E-state index contributed by atoms with van der Waals surface area (Å²) in [7, 11) is 1.82. The third-order valence-electron chi connectivity index (χ3n) is 4.96. The molecule has 0 spiro atoms. The van der Waals surface area contributed by atoms with Gasteiger partial charge in [-0.1, -0.05) is 29.8 Å². The fraction of sp³-hybridized carbons (Fsp3) is 0.391. The molecule has 7 nitrogen and oxygen atoms in total. The van der Waals surface area contributed by atoms with E-state index in [9.17, 15) is 9.59 Å². The largest absolute Gasteiger partial charge is 0.486 e. The number of carbonyl (C=O) groups is 2. The van der Waals surface area contributed by atoms with Crippen LogP contribution in [0.5, 0.6) is 11.5 Å². The minimum atomic E-state index is -0.236. The van der Waals surface area contributed by atoms with E-state index in [0.29, 0.717) is 24.7 Å². The zero-order valence-corrected chi connectivity index (χ0v) is 18.0. The highest BCUT2D eigenvalue weighted by Gasteiger charge is 2.22. The molecule has 0 bridgehead atoms. The molecule has 1 heterocycles. The highest BCUT2D eigenvalue weighted by molar-refractivity contribution is 5.93. The number of hydrogen-bond acceptors (Lipinski definition) is 4. The second-order valence-corrected chi connectivity index (χ2v) is 7.93. The highest BCUT2D eigenvalue weighted by atomic mass is 16.6. The Balaban J connectivity index is 1.42. The monoisotopic (exact) mass is 412 g/mol. The van der Waals surface area contributed by atoms with Crippen LogP contribution >= 0.6 is 0 Å². The van der Waals surface area contributed by atoms with Crippen LogP contribution in [0.3, 0.4) is 0 Å². The Morgan fingerprint density at radius 2 is 1.67 bits per heavy atom. The van der Waals surface area contributed by atoms with E-state index in [2.05, 4.69) is 10.6 Å². The first kappa shape index (κ1) is 21.6. The SMILES string of the molecule is Cc1cc(C)c(NC(=O)C[NH+](C)CC(=O)NC[C@H]2COc3ccccc3O2)c(C)c1. The van der Waals surface area contributed by atoms with Crippen molar-refractivity contribution in [2.45, 2.75) is 26.9 Å². The number of hydrogen-bond donors (Lipinski definition) is 3. The van der Waals surface area contributed by atoms with Gasteiger partial charge in [-0.3, -0.25) is 9.59 Å². The van der Waals surface area contributed by atoms with E-state index < -0.39 is 0 Å². The molecule has 7 heteroatoms. The van der Waals surface area contributed by atoms with Crippen molar-refractivity contribution in [2.75, 3.05) is 38.6 Å².